The van der Waals surface area contributed by atoms with Gasteiger partial charge in [0.2, 0.25) is 10.0 Å². The summed E-state index contributed by atoms with van der Waals surface area (Å²) in [5.41, 5.74) is 6.08. The lowest BCUT2D eigenvalue weighted by Crippen LogP contribution is -2.26. The van der Waals surface area contributed by atoms with Crippen LogP contribution in [0.3, 0.4) is 0 Å². The fourth-order valence-corrected chi connectivity index (χ4v) is 2.99. The van der Waals surface area contributed by atoms with Crippen LogP contribution in [-0.4, -0.2) is 28.2 Å². The highest BCUT2D eigenvalue weighted by Gasteiger charge is 2.17. The van der Waals surface area contributed by atoms with E-state index < -0.39 is 10.0 Å². The third kappa shape index (κ3) is 3.44. The van der Waals surface area contributed by atoms with Gasteiger partial charge in [0.05, 0.1) is 4.90 Å². The summed E-state index contributed by atoms with van der Waals surface area (Å²) < 4.78 is 31.7. The van der Waals surface area contributed by atoms with E-state index in [4.69, 9.17) is 10.5 Å². The molecule has 1 aromatic rings. The van der Waals surface area contributed by atoms with Crippen molar-refractivity contribution in [1.29, 1.82) is 0 Å². The van der Waals surface area contributed by atoms with Crippen LogP contribution < -0.4 is 10.5 Å². The van der Waals surface area contributed by atoms with Gasteiger partial charge in [0.25, 0.3) is 0 Å². The number of nitrogens with two attached hydrogens (primary N) is 1. The zero-order valence-electron chi connectivity index (χ0n) is 10.1. The van der Waals surface area contributed by atoms with Crippen molar-refractivity contribution in [2.24, 2.45) is 5.92 Å². The van der Waals surface area contributed by atoms with Crippen LogP contribution >= 0.6 is 0 Å². The highest BCUT2D eigenvalue weighted by Crippen LogP contribution is 2.16. The van der Waals surface area contributed by atoms with E-state index in [9.17, 15) is 8.42 Å². The molecule has 1 aliphatic heterocycles. The molecular weight excluding hydrogens is 252 g/mol. The maximum absolute atomic E-state index is 11.9. The van der Waals surface area contributed by atoms with Gasteiger partial charge in [-0.3, -0.25) is 0 Å². The van der Waals surface area contributed by atoms with Crippen LogP contribution in [0, 0.1) is 5.92 Å². The number of sulfonamides is 1. The fraction of sp³-hybridized carbons (Fsp3) is 0.500. The monoisotopic (exact) mass is 270 g/mol. The molecule has 1 unspecified atom stereocenters. The Morgan fingerprint density at radius 1 is 1.33 bits per heavy atom. The van der Waals surface area contributed by atoms with Crippen molar-refractivity contribution in [2.75, 3.05) is 25.5 Å². The van der Waals surface area contributed by atoms with E-state index in [1.807, 2.05) is 0 Å². The van der Waals surface area contributed by atoms with Crippen LogP contribution in [0.15, 0.2) is 29.2 Å². The first-order chi connectivity index (χ1) is 8.58. The Morgan fingerprint density at radius 3 is 2.67 bits per heavy atom. The lowest BCUT2D eigenvalue weighted by atomic mass is 10.1. The normalized spacial score (nSPS) is 20.1. The Kier molecular flexibility index (Phi) is 4.21. The van der Waals surface area contributed by atoms with Gasteiger partial charge in [-0.1, -0.05) is 0 Å². The first kappa shape index (κ1) is 13.3. The van der Waals surface area contributed by atoms with Crippen molar-refractivity contribution < 1.29 is 13.2 Å². The molecule has 1 fully saturated rings. The molecule has 0 bridgehead atoms. The summed E-state index contributed by atoms with van der Waals surface area (Å²) in [4.78, 5) is 0.249. The second kappa shape index (κ2) is 5.69. The molecular formula is C12H18N2O3S. The van der Waals surface area contributed by atoms with Crippen LogP contribution in [-0.2, 0) is 14.8 Å². The largest absolute Gasteiger partial charge is 0.399 e. The second-order valence-electron chi connectivity index (χ2n) is 4.49. The number of hydrogen-bond acceptors (Lipinski definition) is 4. The molecule has 18 heavy (non-hydrogen) atoms. The summed E-state index contributed by atoms with van der Waals surface area (Å²) in [7, 11) is -3.42. The minimum absolute atomic E-state index is 0.249. The summed E-state index contributed by atoms with van der Waals surface area (Å²) in [5.74, 6) is 0.471. The first-order valence-electron chi connectivity index (χ1n) is 6.01. The van der Waals surface area contributed by atoms with Crippen LogP contribution in [0.2, 0.25) is 0 Å². The van der Waals surface area contributed by atoms with E-state index in [0.29, 0.717) is 18.2 Å². The van der Waals surface area contributed by atoms with Gasteiger partial charge in [0, 0.05) is 25.4 Å². The van der Waals surface area contributed by atoms with Gasteiger partial charge in [-0.25, -0.2) is 13.1 Å². The number of ether oxygens (including phenoxy) is 1. The number of nitrogen functional groups attached to an aromatic ring is 1. The minimum Gasteiger partial charge on any atom is -0.399 e. The van der Waals surface area contributed by atoms with Crippen molar-refractivity contribution in [3.8, 4) is 0 Å². The molecule has 1 saturated heterocycles. The van der Waals surface area contributed by atoms with Gasteiger partial charge in [0.15, 0.2) is 0 Å². The van der Waals surface area contributed by atoms with Crippen molar-refractivity contribution in [3.05, 3.63) is 24.3 Å². The molecule has 0 radical (unpaired) electrons. The van der Waals surface area contributed by atoms with E-state index in [1.54, 1.807) is 12.1 Å². The summed E-state index contributed by atoms with van der Waals surface area (Å²) >= 11 is 0. The van der Waals surface area contributed by atoms with E-state index in [2.05, 4.69) is 4.72 Å². The maximum atomic E-state index is 11.9. The highest BCUT2D eigenvalue weighted by atomic mass is 32.2. The van der Waals surface area contributed by atoms with Crippen LogP contribution in [0.4, 0.5) is 5.69 Å². The molecule has 1 atom stereocenters. The molecule has 6 heteroatoms. The Balaban J connectivity index is 1.88. The van der Waals surface area contributed by atoms with Crippen molar-refractivity contribution in [1.82, 2.24) is 4.72 Å². The smallest absolute Gasteiger partial charge is 0.240 e. The summed E-state index contributed by atoms with van der Waals surface area (Å²) in [5, 5.41) is 0. The molecule has 0 saturated carbocycles. The fourth-order valence-electron chi connectivity index (χ4n) is 1.94. The van der Waals surface area contributed by atoms with Gasteiger partial charge >= 0.3 is 0 Å². The van der Waals surface area contributed by atoms with Gasteiger partial charge in [-0.05, 0) is 43.0 Å². The quantitative estimate of drug-likeness (QED) is 0.781. The highest BCUT2D eigenvalue weighted by molar-refractivity contribution is 7.89. The third-order valence-electron chi connectivity index (χ3n) is 3.06. The molecule has 2 rings (SSSR count). The van der Waals surface area contributed by atoms with Crippen LogP contribution in [0.5, 0.6) is 0 Å². The van der Waals surface area contributed by atoms with E-state index in [-0.39, 0.29) is 4.90 Å². The van der Waals surface area contributed by atoms with Gasteiger partial charge in [-0.15, -0.1) is 0 Å². The summed E-state index contributed by atoms with van der Waals surface area (Å²) in [6.07, 6.45) is 1.83. The Hall–Kier alpha value is -1.11. The number of rotatable bonds is 5. The Labute approximate surface area is 107 Å². The molecule has 1 aromatic carbocycles. The SMILES string of the molecule is Nc1ccc(S(=O)(=O)NCCC2CCOC2)cc1. The number of anilines is 1. The predicted molar refractivity (Wildman–Crippen MR) is 69.6 cm³/mol. The van der Waals surface area contributed by atoms with Gasteiger partial charge in [0.1, 0.15) is 0 Å². The van der Waals surface area contributed by atoms with Crippen molar-refractivity contribution in [2.45, 2.75) is 17.7 Å². The molecule has 5 nitrogen and oxygen atoms in total. The van der Waals surface area contributed by atoms with Gasteiger partial charge in [-0.2, -0.15) is 0 Å². The Bertz CT molecular complexity index is 479. The molecule has 0 aliphatic carbocycles. The lowest BCUT2D eigenvalue weighted by molar-refractivity contribution is 0.184. The molecule has 0 amide bonds. The van der Waals surface area contributed by atoms with E-state index >= 15 is 0 Å². The topological polar surface area (TPSA) is 81.4 Å². The van der Waals surface area contributed by atoms with Crippen LogP contribution in [0.25, 0.3) is 0 Å². The third-order valence-corrected chi connectivity index (χ3v) is 4.54. The molecule has 3 N–H and O–H groups in total. The van der Waals surface area contributed by atoms with E-state index in [1.165, 1.54) is 12.1 Å². The second-order valence-corrected chi connectivity index (χ2v) is 6.25. The van der Waals surface area contributed by atoms with Crippen LogP contribution in [0.1, 0.15) is 12.8 Å². The predicted octanol–water partition coefficient (Wildman–Crippen LogP) is 0.974. The van der Waals surface area contributed by atoms with Crippen molar-refractivity contribution >= 4 is 15.7 Å². The molecule has 0 aromatic heterocycles. The summed E-state index contributed by atoms with van der Waals surface area (Å²) in [6.45, 7) is 1.97. The number of benzene rings is 1. The molecule has 1 heterocycles. The molecule has 1 aliphatic rings. The zero-order chi connectivity index (χ0) is 13.0. The average Bonchev–Trinajstić information content (AvgIpc) is 2.82. The number of hydrogen-bond donors (Lipinski definition) is 2. The van der Waals surface area contributed by atoms with Gasteiger partial charge < -0.3 is 10.5 Å². The Morgan fingerprint density at radius 2 is 2.06 bits per heavy atom. The first-order valence-corrected chi connectivity index (χ1v) is 7.49. The average molecular weight is 270 g/mol. The van der Waals surface area contributed by atoms with E-state index in [0.717, 1.165) is 26.1 Å². The molecule has 0 spiro atoms. The maximum Gasteiger partial charge on any atom is 0.240 e. The summed E-state index contributed by atoms with van der Waals surface area (Å²) in [6, 6.07) is 6.19. The molecule has 100 valence electrons. The zero-order valence-corrected chi connectivity index (χ0v) is 10.9. The lowest BCUT2D eigenvalue weighted by Gasteiger charge is -2.09. The number of nitrogens with one attached hydrogen (secondary N) is 1. The van der Waals surface area contributed by atoms with Crippen molar-refractivity contribution in [3.63, 3.8) is 0 Å². The minimum atomic E-state index is -3.42. The standard InChI is InChI=1S/C12H18N2O3S/c13-11-1-3-12(4-2-11)18(15,16)14-7-5-10-6-8-17-9-10/h1-4,10,14H,5-9,13H2.